The summed E-state index contributed by atoms with van der Waals surface area (Å²) in [5.41, 5.74) is 4.28. The number of nitrogens with zero attached hydrogens (tertiary/aromatic N) is 4. The normalized spacial score (nSPS) is 15.7. The van der Waals surface area contributed by atoms with Crippen LogP contribution in [0.15, 0.2) is 48.8 Å². The number of fused-ring (bicyclic) bond motifs is 1. The minimum absolute atomic E-state index is 0.146. The summed E-state index contributed by atoms with van der Waals surface area (Å²) in [7, 11) is -1.51. The number of anilines is 1. The van der Waals surface area contributed by atoms with E-state index in [2.05, 4.69) is 10.1 Å². The number of nitrogen functional groups attached to an aromatic ring is 1. The smallest absolute Gasteiger partial charge is 0.386 e. The number of rotatable bonds is 9. The van der Waals surface area contributed by atoms with Gasteiger partial charge in [0.25, 0.3) is 0 Å². The molecule has 156 valence electrons. The van der Waals surface area contributed by atoms with Gasteiger partial charge in [0, 0.05) is 11.7 Å². The van der Waals surface area contributed by atoms with Crippen LogP contribution < -0.4 is 10.3 Å². The van der Waals surface area contributed by atoms with Crippen LogP contribution in [0.4, 0.5) is 5.82 Å². The molecule has 0 spiro atoms. The van der Waals surface area contributed by atoms with Gasteiger partial charge < -0.3 is 20.7 Å². The van der Waals surface area contributed by atoms with Crippen molar-refractivity contribution in [2.24, 2.45) is 0 Å². The van der Waals surface area contributed by atoms with Crippen LogP contribution in [-0.4, -0.2) is 50.2 Å². The second-order valence-electron chi connectivity index (χ2n) is 6.20. The van der Waals surface area contributed by atoms with Crippen molar-refractivity contribution in [1.82, 2.24) is 14.6 Å². The first kappa shape index (κ1) is 21.6. The van der Waals surface area contributed by atoms with Crippen LogP contribution in [0.3, 0.4) is 0 Å². The molecule has 4 N–H and O–H groups in total. The van der Waals surface area contributed by atoms with Crippen molar-refractivity contribution < 1.29 is 28.6 Å². The van der Waals surface area contributed by atoms with E-state index in [0.717, 1.165) is 7.11 Å². The number of hydrogen-bond acceptors (Lipinski definition) is 10. The third-order valence-electron chi connectivity index (χ3n) is 4.45. The van der Waals surface area contributed by atoms with Crippen molar-refractivity contribution in [3.8, 4) is 11.8 Å². The Balaban J connectivity index is 1.77. The zero-order valence-corrected chi connectivity index (χ0v) is 16.7. The molecule has 3 aromatic rings. The summed E-state index contributed by atoms with van der Waals surface area (Å²) in [6, 6.07) is 13.1. The van der Waals surface area contributed by atoms with E-state index in [1.165, 1.54) is 16.9 Å². The average molecular weight is 432 g/mol. The first-order valence-corrected chi connectivity index (χ1v) is 9.75. The van der Waals surface area contributed by atoms with Gasteiger partial charge in [0.05, 0.1) is 5.69 Å². The van der Waals surface area contributed by atoms with Crippen LogP contribution in [-0.2, 0) is 13.8 Å². The third kappa shape index (κ3) is 4.23. The molecule has 0 aliphatic heterocycles. The number of nitriles is 1. The van der Waals surface area contributed by atoms with Gasteiger partial charge >= 0.3 is 8.25 Å². The summed E-state index contributed by atoms with van der Waals surface area (Å²) >= 11 is 0. The van der Waals surface area contributed by atoms with Crippen molar-refractivity contribution in [3.05, 3.63) is 54.5 Å². The Morgan fingerprint density at radius 3 is 2.70 bits per heavy atom. The Morgan fingerprint density at radius 2 is 2.03 bits per heavy atom. The molecule has 2 aromatic heterocycles. The maximum atomic E-state index is 12.1. The van der Waals surface area contributed by atoms with Crippen LogP contribution in [0.2, 0.25) is 0 Å². The number of ether oxygens (including phenoxy) is 1. The van der Waals surface area contributed by atoms with E-state index >= 15 is 0 Å². The standard InChI is InChI=1S/C18H19N5O6P/c1-27-18(9-19,10-28-30(26)29-12-5-3-2-4-6-12)16(25)15(24)13-7-8-14-17(20)21-11-22-23(13)14/h2-8,11,15-16,24-25H,10H2,1H3,(H2,20,21,22)/q+1/t15-,16-,18+/m0/s1. The molecule has 4 atom stereocenters. The van der Waals surface area contributed by atoms with Crippen molar-refractivity contribution in [1.29, 1.82) is 5.26 Å². The molecular weight excluding hydrogens is 413 g/mol. The number of aliphatic hydroxyl groups excluding tert-OH is 2. The number of nitrogens with two attached hydrogens (primary N) is 1. The van der Waals surface area contributed by atoms with Crippen LogP contribution in [0.25, 0.3) is 5.52 Å². The van der Waals surface area contributed by atoms with Gasteiger partial charge in [-0.1, -0.05) is 18.2 Å². The molecule has 1 unspecified atom stereocenters. The fourth-order valence-corrected chi connectivity index (χ4v) is 3.41. The van der Waals surface area contributed by atoms with Crippen molar-refractivity contribution in [2.45, 2.75) is 17.8 Å². The summed E-state index contributed by atoms with van der Waals surface area (Å²) in [5, 5.41) is 35.1. The van der Waals surface area contributed by atoms with Gasteiger partial charge in [-0.15, -0.1) is 4.52 Å². The van der Waals surface area contributed by atoms with E-state index in [0.29, 0.717) is 11.3 Å². The summed E-state index contributed by atoms with van der Waals surface area (Å²) < 4.78 is 28.8. The maximum absolute atomic E-state index is 12.1. The fourth-order valence-electron chi connectivity index (χ4n) is 2.77. The van der Waals surface area contributed by atoms with E-state index in [9.17, 15) is 20.0 Å². The van der Waals surface area contributed by atoms with Gasteiger partial charge in [0.2, 0.25) is 5.60 Å². The topological polar surface area (TPSA) is 165 Å². The lowest BCUT2D eigenvalue weighted by Gasteiger charge is -2.30. The fraction of sp³-hybridized carbons (Fsp3) is 0.278. The maximum Gasteiger partial charge on any atom is 0.750 e. The quantitative estimate of drug-likeness (QED) is 0.420. The molecule has 12 heteroatoms. The second kappa shape index (κ2) is 9.13. The first-order chi connectivity index (χ1) is 14.4. The highest BCUT2D eigenvalue weighted by molar-refractivity contribution is 7.33. The highest BCUT2D eigenvalue weighted by Crippen LogP contribution is 2.33. The minimum Gasteiger partial charge on any atom is -0.386 e. The molecule has 0 bridgehead atoms. The van der Waals surface area contributed by atoms with Crippen LogP contribution in [0.1, 0.15) is 11.8 Å². The molecule has 0 saturated heterocycles. The minimum atomic E-state index is -2.67. The number of benzene rings is 1. The highest BCUT2D eigenvalue weighted by atomic mass is 31.1. The van der Waals surface area contributed by atoms with E-state index in [-0.39, 0.29) is 11.5 Å². The van der Waals surface area contributed by atoms with Crippen molar-refractivity contribution >= 4 is 19.6 Å². The average Bonchev–Trinajstić information content (AvgIpc) is 3.20. The number of aliphatic hydroxyl groups is 2. The molecule has 11 nitrogen and oxygen atoms in total. The molecule has 0 aliphatic rings. The third-order valence-corrected chi connectivity index (χ3v) is 5.15. The van der Waals surface area contributed by atoms with Crippen LogP contribution >= 0.6 is 8.25 Å². The molecule has 2 heterocycles. The zero-order chi connectivity index (χ0) is 21.7. The summed E-state index contributed by atoms with van der Waals surface area (Å²) in [4.78, 5) is 3.85. The number of aromatic nitrogens is 3. The zero-order valence-electron chi connectivity index (χ0n) is 15.8. The van der Waals surface area contributed by atoms with Gasteiger partial charge in [-0.3, -0.25) is 0 Å². The van der Waals surface area contributed by atoms with E-state index in [1.54, 1.807) is 42.5 Å². The number of methoxy groups -OCH3 is 1. The Hall–Kier alpha value is -3.13. The first-order valence-electron chi connectivity index (χ1n) is 8.65. The summed E-state index contributed by atoms with van der Waals surface area (Å²) in [6.07, 6.45) is -2.21. The Kier molecular flexibility index (Phi) is 6.56. The summed E-state index contributed by atoms with van der Waals surface area (Å²) in [5.74, 6) is 0.478. The van der Waals surface area contributed by atoms with Crippen molar-refractivity contribution in [3.63, 3.8) is 0 Å². The number of para-hydroxylation sites is 1. The van der Waals surface area contributed by atoms with Crippen molar-refractivity contribution in [2.75, 3.05) is 19.5 Å². The predicted molar refractivity (Wildman–Crippen MR) is 104 cm³/mol. The monoisotopic (exact) mass is 432 g/mol. The SMILES string of the molecule is CO[C@](C#N)(CO[P+](=O)Oc1ccccc1)[C@@H](O)[C@@H](O)c1ccc2c(N)ncnn12. The number of hydrogen-bond donors (Lipinski definition) is 3. The second-order valence-corrected chi connectivity index (χ2v) is 7.08. The molecular formula is C18H19N5O6P+. The highest BCUT2D eigenvalue weighted by Gasteiger charge is 2.47. The largest absolute Gasteiger partial charge is 0.750 e. The molecule has 0 fully saturated rings. The molecule has 3 rings (SSSR count). The van der Waals surface area contributed by atoms with Crippen LogP contribution in [0, 0.1) is 11.3 Å². The molecule has 30 heavy (non-hydrogen) atoms. The Morgan fingerprint density at radius 1 is 1.30 bits per heavy atom. The van der Waals surface area contributed by atoms with E-state index < -0.39 is 32.7 Å². The lowest BCUT2D eigenvalue weighted by Crippen LogP contribution is -2.50. The molecule has 0 aliphatic carbocycles. The summed E-state index contributed by atoms with van der Waals surface area (Å²) in [6.45, 7) is -0.638. The Bertz CT molecular complexity index is 1070. The van der Waals surface area contributed by atoms with Gasteiger partial charge in [-0.2, -0.15) is 10.4 Å². The predicted octanol–water partition coefficient (Wildman–Crippen LogP) is 1.37. The van der Waals surface area contributed by atoms with Gasteiger partial charge in [0.15, 0.2) is 18.2 Å². The van der Waals surface area contributed by atoms with Gasteiger partial charge in [0.1, 0.15) is 30.1 Å². The molecule has 0 amide bonds. The lowest BCUT2D eigenvalue weighted by molar-refractivity contribution is -0.131. The molecule has 0 saturated carbocycles. The molecule has 0 radical (unpaired) electrons. The van der Waals surface area contributed by atoms with Gasteiger partial charge in [-0.25, -0.2) is 14.0 Å². The van der Waals surface area contributed by atoms with Crippen LogP contribution in [0.5, 0.6) is 5.75 Å². The lowest BCUT2D eigenvalue weighted by atomic mass is 9.93. The van der Waals surface area contributed by atoms with E-state index in [4.69, 9.17) is 19.5 Å². The van der Waals surface area contributed by atoms with Gasteiger partial charge in [-0.05, 0) is 24.3 Å². The Labute approximate surface area is 172 Å². The molecule has 1 aromatic carbocycles. The van der Waals surface area contributed by atoms with E-state index in [1.807, 2.05) is 0 Å².